The van der Waals surface area contributed by atoms with Gasteiger partial charge in [0, 0.05) is 23.9 Å². The van der Waals surface area contributed by atoms with E-state index in [0.29, 0.717) is 0 Å². The molecule has 0 aliphatic carbocycles. The Morgan fingerprint density at radius 2 is 2.27 bits per heavy atom. The van der Waals surface area contributed by atoms with Gasteiger partial charge >= 0.3 is 0 Å². The van der Waals surface area contributed by atoms with Crippen LogP contribution in [0.3, 0.4) is 0 Å². The lowest BCUT2D eigenvalue weighted by molar-refractivity contribution is 0.720. The summed E-state index contributed by atoms with van der Waals surface area (Å²) in [6.07, 6.45) is 0.863. The maximum absolute atomic E-state index is 5.63. The second kappa shape index (κ2) is 3.49. The summed E-state index contributed by atoms with van der Waals surface area (Å²) in [5.74, 6) is 0. The van der Waals surface area contributed by atoms with E-state index >= 15 is 0 Å². The molecule has 1 atom stereocenters. The topological polar surface area (TPSA) is 38.9 Å². The third kappa shape index (κ3) is 2.68. The van der Waals surface area contributed by atoms with E-state index in [0.717, 1.165) is 17.8 Å². The van der Waals surface area contributed by atoms with Crippen molar-refractivity contribution in [1.29, 1.82) is 0 Å². The molecule has 0 amide bonds. The first-order valence-corrected chi connectivity index (χ1v) is 3.86. The third-order valence-electron chi connectivity index (χ3n) is 1.48. The summed E-state index contributed by atoms with van der Waals surface area (Å²) < 4.78 is 0. The van der Waals surface area contributed by atoms with Crippen LogP contribution < -0.4 is 5.73 Å². The smallest absolute Gasteiger partial charge is 0.0422 e. The van der Waals surface area contributed by atoms with E-state index in [2.05, 4.69) is 4.98 Å². The summed E-state index contributed by atoms with van der Waals surface area (Å²) >= 11 is 0. The molecule has 0 radical (unpaired) electrons. The Labute approximate surface area is 67.5 Å². The van der Waals surface area contributed by atoms with Gasteiger partial charge in [0.1, 0.15) is 0 Å². The molecule has 60 valence electrons. The SMILES string of the molecule is Cc1cccc(C[C@H](C)N)n1. The Bertz CT molecular complexity index is 231. The second-order valence-corrected chi connectivity index (χ2v) is 2.95. The molecule has 0 saturated heterocycles. The number of aryl methyl sites for hydroxylation is 1. The van der Waals surface area contributed by atoms with E-state index in [4.69, 9.17) is 5.73 Å². The average molecular weight is 150 g/mol. The predicted octanol–water partition coefficient (Wildman–Crippen LogP) is 1.28. The number of hydrogen-bond donors (Lipinski definition) is 1. The molecule has 2 heteroatoms. The van der Waals surface area contributed by atoms with Crippen molar-refractivity contribution < 1.29 is 0 Å². The fourth-order valence-corrected chi connectivity index (χ4v) is 1.04. The van der Waals surface area contributed by atoms with Crippen molar-refractivity contribution in [3.8, 4) is 0 Å². The molecule has 2 nitrogen and oxygen atoms in total. The van der Waals surface area contributed by atoms with E-state index in [1.54, 1.807) is 0 Å². The predicted molar refractivity (Wildman–Crippen MR) is 46.3 cm³/mol. The van der Waals surface area contributed by atoms with Crippen molar-refractivity contribution in [2.75, 3.05) is 0 Å². The fourth-order valence-electron chi connectivity index (χ4n) is 1.04. The summed E-state index contributed by atoms with van der Waals surface area (Å²) in [6, 6.07) is 6.21. The lowest BCUT2D eigenvalue weighted by atomic mass is 10.2. The molecule has 1 aromatic rings. The summed E-state index contributed by atoms with van der Waals surface area (Å²) in [5, 5.41) is 0. The van der Waals surface area contributed by atoms with Gasteiger partial charge in [-0.2, -0.15) is 0 Å². The highest BCUT2D eigenvalue weighted by Gasteiger charge is 1.97. The van der Waals surface area contributed by atoms with Crippen LogP contribution in [0.25, 0.3) is 0 Å². The van der Waals surface area contributed by atoms with Crippen molar-refractivity contribution in [3.05, 3.63) is 29.6 Å². The maximum atomic E-state index is 5.63. The standard InChI is InChI=1S/C9H14N2/c1-7(10)6-9-5-3-4-8(2)11-9/h3-5,7H,6,10H2,1-2H3/t7-/m0/s1. The maximum Gasteiger partial charge on any atom is 0.0422 e. The number of pyridine rings is 1. The molecule has 0 aliphatic heterocycles. The lowest BCUT2D eigenvalue weighted by Gasteiger charge is -2.03. The van der Waals surface area contributed by atoms with Gasteiger partial charge in [-0.25, -0.2) is 0 Å². The van der Waals surface area contributed by atoms with Crippen LogP contribution in [-0.2, 0) is 6.42 Å². The van der Waals surface area contributed by atoms with Gasteiger partial charge in [-0.05, 0) is 26.0 Å². The summed E-state index contributed by atoms with van der Waals surface area (Å²) in [5.41, 5.74) is 7.78. The number of aromatic nitrogens is 1. The van der Waals surface area contributed by atoms with Crippen LogP contribution in [0.15, 0.2) is 18.2 Å². The van der Waals surface area contributed by atoms with Crippen molar-refractivity contribution >= 4 is 0 Å². The highest BCUT2D eigenvalue weighted by Crippen LogP contribution is 2.00. The van der Waals surface area contributed by atoms with Crippen LogP contribution in [0.4, 0.5) is 0 Å². The van der Waals surface area contributed by atoms with E-state index in [1.165, 1.54) is 0 Å². The summed E-state index contributed by atoms with van der Waals surface area (Å²) in [6.45, 7) is 3.98. The second-order valence-electron chi connectivity index (χ2n) is 2.95. The Hall–Kier alpha value is -0.890. The molecule has 0 saturated carbocycles. The molecule has 1 rings (SSSR count). The first-order valence-electron chi connectivity index (χ1n) is 3.86. The van der Waals surface area contributed by atoms with Crippen LogP contribution in [0, 0.1) is 6.92 Å². The first-order chi connectivity index (χ1) is 5.18. The van der Waals surface area contributed by atoms with Gasteiger partial charge in [-0.1, -0.05) is 6.07 Å². The van der Waals surface area contributed by atoms with Crippen molar-refractivity contribution in [2.24, 2.45) is 5.73 Å². The number of nitrogens with zero attached hydrogens (tertiary/aromatic N) is 1. The minimum absolute atomic E-state index is 0.198. The molecular weight excluding hydrogens is 136 g/mol. The minimum Gasteiger partial charge on any atom is -0.328 e. The molecular formula is C9H14N2. The van der Waals surface area contributed by atoms with Gasteiger partial charge in [0.05, 0.1) is 0 Å². The lowest BCUT2D eigenvalue weighted by Crippen LogP contribution is -2.18. The monoisotopic (exact) mass is 150 g/mol. The molecule has 0 fully saturated rings. The number of nitrogens with two attached hydrogens (primary N) is 1. The zero-order valence-electron chi connectivity index (χ0n) is 7.04. The molecule has 0 aliphatic rings. The number of hydrogen-bond acceptors (Lipinski definition) is 2. The van der Waals surface area contributed by atoms with Gasteiger partial charge in [0.15, 0.2) is 0 Å². The van der Waals surface area contributed by atoms with Crippen molar-refractivity contribution in [3.63, 3.8) is 0 Å². The van der Waals surface area contributed by atoms with Crippen LogP contribution in [0.5, 0.6) is 0 Å². The molecule has 11 heavy (non-hydrogen) atoms. The summed E-state index contributed by atoms with van der Waals surface area (Å²) in [4.78, 5) is 4.33. The zero-order chi connectivity index (χ0) is 8.27. The largest absolute Gasteiger partial charge is 0.328 e. The molecule has 1 aromatic heterocycles. The van der Waals surface area contributed by atoms with Crippen molar-refractivity contribution in [1.82, 2.24) is 4.98 Å². The number of rotatable bonds is 2. The first kappa shape index (κ1) is 8.21. The quantitative estimate of drug-likeness (QED) is 0.689. The minimum atomic E-state index is 0.198. The normalized spacial score (nSPS) is 13.0. The highest BCUT2D eigenvalue weighted by molar-refractivity contribution is 5.10. The zero-order valence-corrected chi connectivity index (χ0v) is 7.04. The Kier molecular flexibility index (Phi) is 2.60. The van der Waals surface area contributed by atoms with Crippen LogP contribution in [0.1, 0.15) is 18.3 Å². The Morgan fingerprint density at radius 1 is 1.55 bits per heavy atom. The van der Waals surface area contributed by atoms with E-state index in [9.17, 15) is 0 Å². The van der Waals surface area contributed by atoms with Crippen LogP contribution in [0.2, 0.25) is 0 Å². The molecule has 0 aromatic carbocycles. The molecule has 2 N–H and O–H groups in total. The van der Waals surface area contributed by atoms with Gasteiger partial charge < -0.3 is 5.73 Å². The Morgan fingerprint density at radius 3 is 2.82 bits per heavy atom. The van der Waals surface area contributed by atoms with Crippen molar-refractivity contribution in [2.45, 2.75) is 26.3 Å². The van der Waals surface area contributed by atoms with E-state index in [1.807, 2.05) is 32.0 Å². The third-order valence-corrected chi connectivity index (χ3v) is 1.48. The average Bonchev–Trinajstić information content (AvgIpc) is 1.85. The van der Waals surface area contributed by atoms with Gasteiger partial charge in [-0.3, -0.25) is 4.98 Å². The summed E-state index contributed by atoms with van der Waals surface area (Å²) in [7, 11) is 0. The van der Waals surface area contributed by atoms with Crippen LogP contribution in [-0.4, -0.2) is 11.0 Å². The molecule has 1 heterocycles. The van der Waals surface area contributed by atoms with E-state index < -0.39 is 0 Å². The van der Waals surface area contributed by atoms with E-state index in [-0.39, 0.29) is 6.04 Å². The fraction of sp³-hybridized carbons (Fsp3) is 0.444. The van der Waals surface area contributed by atoms with Crippen LogP contribution >= 0.6 is 0 Å². The molecule has 0 unspecified atom stereocenters. The van der Waals surface area contributed by atoms with Gasteiger partial charge in [0.2, 0.25) is 0 Å². The molecule has 0 bridgehead atoms. The Balaban J connectivity index is 2.71. The molecule has 0 spiro atoms. The van der Waals surface area contributed by atoms with Gasteiger partial charge in [0.25, 0.3) is 0 Å². The van der Waals surface area contributed by atoms with Gasteiger partial charge in [-0.15, -0.1) is 0 Å². The highest BCUT2D eigenvalue weighted by atomic mass is 14.7.